The number of halogens is 1. The highest BCUT2D eigenvalue weighted by Crippen LogP contribution is 2.27. The van der Waals surface area contributed by atoms with E-state index in [4.69, 9.17) is 0 Å². The molecule has 0 amide bonds. The molecule has 0 aromatic carbocycles. The highest BCUT2D eigenvalue weighted by atomic mass is 35.5. The Balaban J connectivity index is 0.00000121. The van der Waals surface area contributed by atoms with Crippen molar-refractivity contribution in [2.24, 2.45) is 0 Å². The van der Waals surface area contributed by atoms with Crippen molar-refractivity contribution in [2.45, 2.75) is 31.2 Å². The van der Waals surface area contributed by atoms with Gasteiger partial charge in [0.15, 0.2) is 0 Å². The van der Waals surface area contributed by atoms with E-state index in [-0.39, 0.29) is 12.4 Å². The third-order valence-corrected chi connectivity index (χ3v) is 2.40. The fourth-order valence-corrected chi connectivity index (χ4v) is 1.85. The lowest BCUT2D eigenvalue weighted by Crippen LogP contribution is -2.38. The van der Waals surface area contributed by atoms with Crippen LogP contribution >= 0.6 is 12.4 Å². The summed E-state index contributed by atoms with van der Waals surface area (Å²) in [6.07, 6.45) is 8.70. The Kier molecular flexibility index (Phi) is 5.27. The second-order valence-corrected chi connectivity index (χ2v) is 3.30. The smallest absolute Gasteiger partial charge is 0.0250 e. The molecule has 1 heterocycles. The van der Waals surface area contributed by atoms with Gasteiger partial charge in [0.2, 0.25) is 0 Å². The zero-order chi connectivity index (χ0) is 8.16. The summed E-state index contributed by atoms with van der Waals surface area (Å²) in [5.41, 5.74) is 0.309. The van der Waals surface area contributed by atoms with Gasteiger partial charge in [-0.25, -0.2) is 0 Å². The Morgan fingerprint density at radius 3 is 2.17 bits per heavy atom. The van der Waals surface area contributed by atoms with Crippen LogP contribution in [0, 0.1) is 0 Å². The molecule has 0 saturated carbocycles. The highest BCUT2D eigenvalue weighted by Gasteiger charge is 2.30. The fraction of sp³-hybridized carbons (Fsp3) is 0.600. The van der Waals surface area contributed by atoms with Crippen molar-refractivity contribution < 1.29 is 0 Å². The number of hydrogen-bond donors (Lipinski definition) is 1. The fourth-order valence-electron chi connectivity index (χ4n) is 1.85. The van der Waals surface area contributed by atoms with E-state index in [1.54, 1.807) is 0 Å². The Hall–Kier alpha value is -0.270. The molecule has 0 spiro atoms. The van der Waals surface area contributed by atoms with Crippen LogP contribution in [0.1, 0.15) is 25.7 Å². The molecule has 0 bridgehead atoms. The molecule has 0 aliphatic carbocycles. The first-order chi connectivity index (χ1) is 5.33. The van der Waals surface area contributed by atoms with E-state index < -0.39 is 0 Å². The molecule has 1 aliphatic rings. The number of hydrogen-bond acceptors (Lipinski definition) is 1. The molecule has 70 valence electrons. The Morgan fingerprint density at radius 2 is 1.83 bits per heavy atom. The monoisotopic (exact) mass is 187 g/mol. The molecule has 1 aliphatic heterocycles. The number of rotatable bonds is 4. The van der Waals surface area contributed by atoms with E-state index in [9.17, 15) is 0 Å². The third-order valence-electron chi connectivity index (χ3n) is 2.40. The average molecular weight is 188 g/mol. The van der Waals surface area contributed by atoms with Crippen molar-refractivity contribution in [1.29, 1.82) is 0 Å². The minimum atomic E-state index is 0. The zero-order valence-electron chi connectivity index (χ0n) is 7.51. The maximum Gasteiger partial charge on any atom is 0.0250 e. The Labute approximate surface area is 81.3 Å². The highest BCUT2D eigenvalue weighted by molar-refractivity contribution is 5.85. The van der Waals surface area contributed by atoms with Crippen molar-refractivity contribution in [3.05, 3.63) is 25.3 Å². The van der Waals surface area contributed by atoms with Gasteiger partial charge in [-0.05, 0) is 32.2 Å². The van der Waals surface area contributed by atoms with Crippen LogP contribution in [0.25, 0.3) is 0 Å². The average Bonchev–Trinajstić information content (AvgIpc) is 2.39. The topological polar surface area (TPSA) is 12.0 Å². The van der Waals surface area contributed by atoms with Gasteiger partial charge in [0, 0.05) is 5.54 Å². The Morgan fingerprint density at radius 1 is 1.25 bits per heavy atom. The van der Waals surface area contributed by atoms with Gasteiger partial charge >= 0.3 is 0 Å². The van der Waals surface area contributed by atoms with Crippen molar-refractivity contribution in [1.82, 2.24) is 5.32 Å². The molecule has 1 rings (SSSR count). The first kappa shape index (κ1) is 11.7. The molecule has 1 N–H and O–H groups in total. The third kappa shape index (κ3) is 2.65. The molecular formula is C10H18ClN. The minimum absolute atomic E-state index is 0. The second kappa shape index (κ2) is 5.39. The molecule has 0 unspecified atom stereocenters. The van der Waals surface area contributed by atoms with Crippen LogP contribution in [0.2, 0.25) is 0 Å². The minimum Gasteiger partial charge on any atom is -0.311 e. The van der Waals surface area contributed by atoms with Crippen molar-refractivity contribution in [3.8, 4) is 0 Å². The van der Waals surface area contributed by atoms with Crippen LogP contribution in [-0.2, 0) is 0 Å². The molecule has 12 heavy (non-hydrogen) atoms. The quantitative estimate of drug-likeness (QED) is 0.668. The van der Waals surface area contributed by atoms with E-state index in [1.165, 1.54) is 12.8 Å². The summed E-state index contributed by atoms with van der Waals surface area (Å²) in [6.45, 7) is 8.71. The summed E-state index contributed by atoms with van der Waals surface area (Å²) in [4.78, 5) is 0. The molecule has 2 heteroatoms. The van der Waals surface area contributed by atoms with Crippen LogP contribution in [0.5, 0.6) is 0 Å². The zero-order valence-corrected chi connectivity index (χ0v) is 8.33. The predicted molar refractivity (Wildman–Crippen MR) is 56.8 cm³/mol. The lowest BCUT2D eigenvalue weighted by atomic mass is 9.90. The maximum atomic E-state index is 3.78. The SMILES string of the molecule is C=CCC1(CC=C)CCCN1.Cl. The molecular weight excluding hydrogens is 170 g/mol. The molecule has 0 atom stereocenters. The first-order valence-electron chi connectivity index (χ1n) is 4.30. The van der Waals surface area contributed by atoms with Gasteiger partial charge in [-0.15, -0.1) is 25.6 Å². The molecule has 1 fully saturated rings. The van der Waals surface area contributed by atoms with E-state index in [0.717, 1.165) is 19.4 Å². The van der Waals surface area contributed by atoms with Crippen molar-refractivity contribution in [3.63, 3.8) is 0 Å². The standard InChI is InChI=1S/C10H17N.ClH/c1-3-6-10(7-4-2)8-5-9-11-10;/h3-4,11H,1-2,5-9H2;1H. The summed E-state index contributed by atoms with van der Waals surface area (Å²) in [5, 5.41) is 3.53. The van der Waals surface area contributed by atoms with Crippen LogP contribution in [0.15, 0.2) is 25.3 Å². The van der Waals surface area contributed by atoms with Gasteiger partial charge in [-0.2, -0.15) is 0 Å². The number of nitrogens with one attached hydrogen (secondary N) is 1. The predicted octanol–water partition coefficient (Wildman–Crippen LogP) is 2.68. The lowest BCUT2D eigenvalue weighted by Gasteiger charge is -2.26. The van der Waals surface area contributed by atoms with Gasteiger partial charge in [-0.3, -0.25) is 0 Å². The normalized spacial score (nSPS) is 19.7. The van der Waals surface area contributed by atoms with E-state index in [2.05, 4.69) is 18.5 Å². The van der Waals surface area contributed by atoms with E-state index in [0.29, 0.717) is 5.54 Å². The summed E-state index contributed by atoms with van der Waals surface area (Å²) in [6, 6.07) is 0. The first-order valence-corrected chi connectivity index (χ1v) is 4.30. The molecule has 0 aromatic heterocycles. The Bertz CT molecular complexity index is 136. The van der Waals surface area contributed by atoms with Gasteiger partial charge in [-0.1, -0.05) is 12.2 Å². The van der Waals surface area contributed by atoms with Crippen LogP contribution in [-0.4, -0.2) is 12.1 Å². The van der Waals surface area contributed by atoms with Gasteiger partial charge in [0.25, 0.3) is 0 Å². The maximum absolute atomic E-state index is 3.78. The van der Waals surface area contributed by atoms with Gasteiger partial charge in [0.05, 0.1) is 0 Å². The lowest BCUT2D eigenvalue weighted by molar-refractivity contribution is 0.384. The van der Waals surface area contributed by atoms with Crippen LogP contribution < -0.4 is 5.32 Å². The molecule has 0 aromatic rings. The van der Waals surface area contributed by atoms with Crippen molar-refractivity contribution in [2.75, 3.05) is 6.54 Å². The molecule has 0 radical (unpaired) electrons. The largest absolute Gasteiger partial charge is 0.311 e. The van der Waals surface area contributed by atoms with Gasteiger partial charge in [0.1, 0.15) is 0 Å². The van der Waals surface area contributed by atoms with Crippen LogP contribution in [0.4, 0.5) is 0 Å². The van der Waals surface area contributed by atoms with Crippen molar-refractivity contribution >= 4 is 12.4 Å². The second-order valence-electron chi connectivity index (χ2n) is 3.30. The summed E-state index contributed by atoms with van der Waals surface area (Å²) < 4.78 is 0. The van der Waals surface area contributed by atoms with Gasteiger partial charge < -0.3 is 5.32 Å². The van der Waals surface area contributed by atoms with Crippen LogP contribution in [0.3, 0.4) is 0 Å². The molecule has 1 nitrogen and oxygen atoms in total. The summed E-state index contributed by atoms with van der Waals surface area (Å²) in [7, 11) is 0. The summed E-state index contributed by atoms with van der Waals surface area (Å²) in [5.74, 6) is 0. The van der Waals surface area contributed by atoms with E-state index >= 15 is 0 Å². The summed E-state index contributed by atoms with van der Waals surface area (Å²) >= 11 is 0. The van der Waals surface area contributed by atoms with E-state index in [1.807, 2.05) is 12.2 Å². The molecule has 1 saturated heterocycles.